The zero-order chi connectivity index (χ0) is 13.1. The van der Waals surface area contributed by atoms with E-state index < -0.39 is 10.7 Å². The van der Waals surface area contributed by atoms with Crippen molar-refractivity contribution in [2.45, 2.75) is 31.1 Å². The van der Waals surface area contributed by atoms with Crippen molar-refractivity contribution in [3.05, 3.63) is 34.1 Å². The van der Waals surface area contributed by atoms with Gasteiger partial charge in [0.05, 0.1) is 11.0 Å². The standard InChI is InChI=1S/C12H15FN2O2S/c1-8-12(3-2-4-18-8)14-10-5-9(13)6-11(7-10)15(16)17/h5-8,12,14H,2-4H2,1H3. The molecule has 0 saturated carbocycles. The largest absolute Gasteiger partial charge is 0.381 e. The molecule has 2 atom stereocenters. The molecular weight excluding hydrogens is 255 g/mol. The van der Waals surface area contributed by atoms with Gasteiger partial charge in [0.2, 0.25) is 0 Å². The SMILES string of the molecule is CC1SCCCC1Nc1cc(F)cc([N+](=O)[O-])c1. The lowest BCUT2D eigenvalue weighted by atomic mass is 10.1. The van der Waals surface area contributed by atoms with Gasteiger partial charge in [0.15, 0.2) is 0 Å². The average molecular weight is 270 g/mol. The van der Waals surface area contributed by atoms with Crippen LogP contribution in [0, 0.1) is 15.9 Å². The molecule has 0 bridgehead atoms. The van der Waals surface area contributed by atoms with Gasteiger partial charge >= 0.3 is 0 Å². The number of hydrogen-bond donors (Lipinski definition) is 1. The molecule has 1 aromatic carbocycles. The van der Waals surface area contributed by atoms with Gasteiger partial charge in [-0.05, 0) is 24.7 Å². The molecule has 1 aliphatic rings. The Balaban J connectivity index is 2.15. The average Bonchev–Trinajstić information content (AvgIpc) is 2.31. The minimum Gasteiger partial charge on any atom is -0.381 e. The number of non-ortho nitro benzene ring substituents is 1. The number of halogens is 1. The molecule has 2 unspecified atom stereocenters. The maximum Gasteiger partial charge on any atom is 0.274 e. The van der Waals surface area contributed by atoms with Crippen LogP contribution in [0.1, 0.15) is 19.8 Å². The highest BCUT2D eigenvalue weighted by Gasteiger charge is 2.22. The molecule has 2 rings (SSSR count). The number of benzene rings is 1. The summed E-state index contributed by atoms with van der Waals surface area (Å²) in [4.78, 5) is 10.1. The molecule has 1 heterocycles. The highest BCUT2D eigenvalue weighted by atomic mass is 32.2. The number of anilines is 1. The van der Waals surface area contributed by atoms with Crippen LogP contribution in [0.5, 0.6) is 0 Å². The predicted molar refractivity (Wildman–Crippen MR) is 71.6 cm³/mol. The van der Waals surface area contributed by atoms with E-state index in [-0.39, 0.29) is 11.7 Å². The van der Waals surface area contributed by atoms with Gasteiger partial charge in [0.1, 0.15) is 5.82 Å². The highest BCUT2D eigenvalue weighted by molar-refractivity contribution is 8.00. The lowest BCUT2D eigenvalue weighted by Crippen LogP contribution is -2.32. The van der Waals surface area contributed by atoms with E-state index >= 15 is 0 Å². The van der Waals surface area contributed by atoms with E-state index in [1.54, 1.807) is 0 Å². The fourth-order valence-electron chi connectivity index (χ4n) is 2.09. The summed E-state index contributed by atoms with van der Waals surface area (Å²) in [6.07, 6.45) is 2.13. The summed E-state index contributed by atoms with van der Waals surface area (Å²) in [6.45, 7) is 2.12. The summed E-state index contributed by atoms with van der Waals surface area (Å²) in [7, 11) is 0. The molecule has 1 N–H and O–H groups in total. The summed E-state index contributed by atoms with van der Waals surface area (Å²) in [5.74, 6) is 0.561. The first-order chi connectivity index (χ1) is 8.56. The highest BCUT2D eigenvalue weighted by Crippen LogP contribution is 2.29. The van der Waals surface area contributed by atoms with E-state index in [9.17, 15) is 14.5 Å². The number of hydrogen-bond acceptors (Lipinski definition) is 4. The van der Waals surface area contributed by atoms with Gasteiger partial charge < -0.3 is 5.32 Å². The van der Waals surface area contributed by atoms with Crippen molar-refractivity contribution in [3.63, 3.8) is 0 Å². The molecule has 1 aromatic rings. The number of nitrogens with zero attached hydrogens (tertiary/aromatic N) is 1. The van der Waals surface area contributed by atoms with Crippen LogP contribution in [0.4, 0.5) is 15.8 Å². The van der Waals surface area contributed by atoms with Crippen LogP contribution in [0.2, 0.25) is 0 Å². The fraction of sp³-hybridized carbons (Fsp3) is 0.500. The first-order valence-electron chi connectivity index (χ1n) is 5.89. The zero-order valence-electron chi connectivity index (χ0n) is 10.1. The monoisotopic (exact) mass is 270 g/mol. The Morgan fingerprint density at radius 2 is 2.28 bits per heavy atom. The first kappa shape index (κ1) is 13.1. The second-order valence-corrected chi connectivity index (χ2v) is 5.91. The van der Waals surface area contributed by atoms with Gasteiger partial charge in [0.25, 0.3) is 5.69 Å². The molecule has 18 heavy (non-hydrogen) atoms. The quantitative estimate of drug-likeness (QED) is 0.675. The molecule has 1 saturated heterocycles. The predicted octanol–water partition coefficient (Wildman–Crippen LogP) is 3.43. The van der Waals surface area contributed by atoms with E-state index in [2.05, 4.69) is 12.2 Å². The minimum absolute atomic E-state index is 0.214. The second kappa shape index (κ2) is 5.56. The molecule has 1 fully saturated rings. The van der Waals surface area contributed by atoms with Crippen molar-refractivity contribution in [2.24, 2.45) is 0 Å². The second-order valence-electron chi connectivity index (χ2n) is 4.42. The number of nitrogens with one attached hydrogen (secondary N) is 1. The molecule has 4 nitrogen and oxygen atoms in total. The van der Waals surface area contributed by atoms with E-state index in [1.807, 2.05) is 11.8 Å². The van der Waals surface area contributed by atoms with Crippen LogP contribution >= 0.6 is 11.8 Å². The molecular formula is C12H15FN2O2S. The number of thioether (sulfide) groups is 1. The van der Waals surface area contributed by atoms with Crippen LogP contribution in [0.15, 0.2) is 18.2 Å². The van der Waals surface area contributed by atoms with Crippen molar-refractivity contribution in [1.82, 2.24) is 0 Å². The molecule has 98 valence electrons. The summed E-state index contributed by atoms with van der Waals surface area (Å²) >= 11 is 1.87. The molecule has 0 amide bonds. The molecule has 0 aliphatic carbocycles. The zero-order valence-corrected chi connectivity index (χ0v) is 10.9. The summed E-state index contributed by atoms with van der Waals surface area (Å²) in [5.41, 5.74) is 0.273. The van der Waals surface area contributed by atoms with Gasteiger partial charge in [-0.1, -0.05) is 6.92 Å². The topological polar surface area (TPSA) is 55.2 Å². The van der Waals surface area contributed by atoms with Crippen molar-refractivity contribution >= 4 is 23.1 Å². The maximum atomic E-state index is 13.3. The van der Waals surface area contributed by atoms with Crippen LogP contribution < -0.4 is 5.32 Å². The van der Waals surface area contributed by atoms with Crippen LogP contribution in [-0.4, -0.2) is 22.0 Å². The molecule has 0 aromatic heterocycles. The number of nitro groups is 1. The number of nitro benzene ring substituents is 1. The van der Waals surface area contributed by atoms with Gasteiger partial charge in [-0.2, -0.15) is 11.8 Å². The van der Waals surface area contributed by atoms with Crippen LogP contribution in [0.25, 0.3) is 0 Å². The smallest absolute Gasteiger partial charge is 0.274 e. The lowest BCUT2D eigenvalue weighted by Gasteiger charge is -2.29. The Bertz CT molecular complexity index is 456. The Kier molecular flexibility index (Phi) is 4.06. The first-order valence-corrected chi connectivity index (χ1v) is 6.94. The van der Waals surface area contributed by atoms with Gasteiger partial charge in [-0.15, -0.1) is 0 Å². The molecule has 6 heteroatoms. The van der Waals surface area contributed by atoms with Crippen molar-refractivity contribution in [1.29, 1.82) is 0 Å². The van der Waals surface area contributed by atoms with Gasteiger partial charge in [0, 0.05) is 23.0 Å². The third-order valence-electron chi connectivity index (χ3n) is 3.05. The maximum absolute atomic E-state index is 13.3. The Labute approximate surface area is 109 Å². The molecule has 1 aliphatic heterocycles. The van der Waals surface area contributed by atoms with Crippen molar-refractivity contribution in [2.75, 3.05) is 11.1 Å². The Morgan fingerprint density at radius 1 is 1.50 bits per heavy atom. The third kappa shape index (κ3) is 3.13. The van der Waals surface area contributed by atoms with Crippen LogP contribution in [0.3, 0.4) is 0 Å². The van der Waals surface area contributed by atoms with E-state index in [4.69, 9.17) is 0 Å². The van der Waals surface area contributed by atoms with Gasteiger partial charge in [-0.3, -0.25) is 10.1 Å². The lowest BCUT2D eigenvalue weighted by molar-refractivity contribution is -0.385. The fourth-order valence-corrected chi connectivity index (χ4v) is 3.23. The van der Waals surface area contributed by atoms with Crippen LogP contribution in [-0.2, 0) is 0 Å². The normalized spacial score (nSPS) is 23.7. The Morgan fingerprint density at radius 3 is 2.94 bits per heavy atom. The van der Waals surface area contributed by atoms with Crippen molar-refractivity contribution < 1.29 is 9.31 Å². The summed E-state index contributed by atoms with van der Waals surface area (Å²) in [6, 6.07) is 3.86. The third-order valence-corrected chi connectivity index (χ3v) is 4.43. The summed E-state index contributed by atoms with van der Waals surface area (Å²) < 4.78 is 13.3. The summed E-state index contributed by atoms with van der Waals surface area (Å²) in [5, 5.41) is 14.3. The molecule has 0 spiro atoms. The Hall–Kier alpha value is -1.30. The minimum atomic E-state index is -0.581. The van der Waals surface area contributed by atoms with E-state index in [0.29, 0.717) is 10.9 Å². The molecule has 0 radical (unpaired) electrons. The van der Waals surface area contributed by atoms with Crippen molar-refractivity contribution in [3.8, 4) is 0 Å². The van der Waals surface area contributed by atoms with E-state index in [0.717, 1.165) is 24.7 Å². The van der Waals surface area contributed by atoms with E-state index in [1.165, 1.54) is 12.1 Å². The number of rotatable bonds is 3. The van der Waals surface area contributed by atoms with Gasteiger partial charge in [-0.25, -0.2) is 4.39 Å².